The van der Waals surface area contributed by atoms with Crippen LogP contribution in [0.15, 0.2) is 6.33 Å². The van der Waals surface area contributed by atoms with Gasteiger partial charge in [0.25, 0.3) is 0 Å². The lowest BCUT2D eigenvalue weighted by Gasteiger charge is -2.31. The third-order valence-corrected chi connectivity index (χ3v) is 3.35. The van der Waals surface area contributed by atoms with Gasteiger partial charge in [0.05, 0.1) is 4.92 Å². The summed E-state index contributed by atoms with van der Waals surface area (Å²) in [5.74, 6) is 1.33. The van der Waals surface area contributed by atoms with Crippen LogP contribution in [-0.4, -0.2) is 42.1 Å². The van der Waals surface area contributed by atoms with Gasteiger partial charge in [-0.05, 0) is 18.8 Å². The molecule has 0 aliphatic carbocycles. The molecule has 1 saturated heterocycles. The molecule has 104 valence electrons. The van der Waals surface area contributed by atoms with Crippen LogP contribution in [0, 0.1) is 16.0 Å². The van der Waals surface area contributed by atoms with Gasteiger partial charge in [-0.3, -0.25) is 10.1 Å². The summed E-state index contributed by atoms with van der Waals surface area (Å²) < 4.78 is 0. The van der Waals surface area contributed by atoms with Gasteiger partial charge in [0.1, 0.15) is 6.33 Å². The zero-order valence-corrected chi connectivity index (χ0v) is 11.5. The monoisotopic (exact) mass is 265 g/mol. The molecule has 0 bridgehead atoms. The number of rotatable bonds is 3. The first-order valence-electron chi connectivity index (χ1n) is 6.42. The van der Waals surface area contributed by atoms with Gasteiger partial charge < -0.3 is 9.80 Å². The van der Waals surface area contributed by atoms with Crippen molar-refractivity contribution in [1.29, 1.82) is 0 Å². The van der Waals surface area contributed by atoms with E-state index in [1.165, 1.54) is 6.33 Å². The zero-order chi connectivity index (χ0) is 14.0. The van der Waals surface area contributed by atoms with Crippen LogP contribution in [0.5, 0.6) is 0 Å². The van der Waals surface area contributed by atoms with Crippen LogP contribution < -0.4 is 9.80 Å². The predicted molar refractivity (Wildman–Crippen MR) is 73.6 cm³/mol. The van der Waals surface area contributed by atoms with Crippen molar-refractivity contribution in [1.82, 2.24) is 9.97 Å². The van der Waals surface area contributed by atoms with Crippen molar-refractivity contribution in [3.05, 3.63) is 16.4 Å². The van der Waals surface area contributed by atoms with E-state index in [1.807, 2.05) is 4.90 Å². The van der Waals surface area contributed by atoms with Gasteiger partial charge >= 0.3 is 5.69 Å². The maximum absolute atomic E-state index is 11.3. The molecule has 1 atom stereocenters. The lowest BCUT2D eigenvalue weighted by Crippen LogP contribution is -2.35. The van der Waals surface area contributed by atoms with Crippen molar-refractivity contribution < 1.29 is 4.92 Å². The zero-order valence-electron chi connectivity index (χ0n) is 11.5. The van der Waals surface area contributed by atoms with E-state index in [0.717, 1.165) is 25.9 Å². The van der Waals surface area contributed by atoms with E-state index in [1.54, 1.807) is 19.0 Å². The molecule has 0 amide bonds. The third kappa shape index (κ3) is 2.74. The maximum atomic E-state index is 11.3. The molecule has 1 aromatic heterocycles. The molecule has 1 aromatic rings. The quantitative estimate of drug-likeness (QED) is 0.611. The van der Waals surface area contributed by atoms with Crippen LogP contribution in [0.25, 0.3) is 0 Å². The molecule has 0 saturated carbocycles. The van der Waals surface area contributed by atoms with Crippen molar-refractivity contribution in [3.8, 4) is 0 Å². The summed E-state index contributed by atoms with van der Waals surface area (Å²) in [7, 11) is 3.50. The van der Waals surface area contributed by atoms with E-state index in [-0.39, 0.29) is 10.6 Å². The normalized spacial score (nSPS) is 19.3. The fourth-order valence-corrected chi connectivity index (χ4v) is 2.46. The van der Waals surface area contributed by atoms with E-state index in [2.05, 4.69) is 16.9 Å². The minimum Gasteiger partial charge on any atom is -0.357 e. The first-order chi connectivity index (χ1) is 9.00. The Morgan fingerprint density at radius 3 is 2.79 bits per heavy atom. The molecule has 1 aliphatic heterocycles. The average Bonchev–Trinajstić information content (AvgIpc) is 2.37. The Morgan fingerprint density at radius 2 is 2.21 bits per heavy atom. The molecule has 1 unspecified atom stereocenters. The van der Waals surface area contributed by atoms with Gasteiger partial charge in [-0.1, -0.05) is 6.92 Å². The van der Waals surface area contributed by atoms with E-state index in [9.17, 15) is 10.1 Å². The highest BCUT2D eigenvalue weighted by Gasteiger charge is 2.29. The molecule has 0 aromatic carbocycles. The van der Waals surface area contributed by atoms with Crippen molar-refractivity contribution in [3.63, 3.8) is 0 Å². The van der Waals surface area contributed by atoms with Crippen molar-refractivity contribution >= 4 is 17.3 Å². The van der Waals surface area contributed by atoms with Gasteiger partial charge in [0.2, 0.25) is 11.6 Å². The minimum absolute atomic E-state index is 0.00148. The molecular weight excluding hydrogens is 246 g/mol. The second-order valence-electron chi connectivity index (χ2n) is 5.21. The highest BCUT2D eigenvalue weighted by Crippen LogP contribution is 2.34. The van der Waals surface area contributed by atoms with Crippen LogP contribution in [0.4, 0.5) is 17.3 Å². The van der Waals surface area contributed by atoms with Crippen LogP contribution >= 0.6 is 0 Å². The lowest BCUT2D eigenvalue weighted by atomic mass is 10.0. The van der Waals surface area contributed by atoms with Crippen LogP contribution in [-0.2, 0) is 0 Å². The second kappa shape index (κ2) is 5.38. The summed E-state index contributed by atoms with van der Waals surface area (Å²) in [5.41, 5.74) is 0.00148. The predicted octanol–water partition coefficient (Wildman–Crippen LogP) is 1.69. The molecule has 2 rings (SSSR count). The smallest absolute Gasteiger partial charge is 0.353 e. The molecule has 0 N–H and O–H groups in total. The topological polar surface area (TPSA) is 75.4 Å². The maximum Gasteiger partial charge on any atom is 0.353 e. The first-order valence-corrected chi connectivity index (χ1v) is 6.42. The summed E-state index contributed by atoms with van der Waals surface area (Å²) >= 11 is 0. The van der Waals surface area contributed by atoms with Gasteiger partial charge in [-0.25, -0.2) is 9.97 Å². The van der Waals surface area contributed by atoms with Gasteiger partial charge in [-0.2, -0.15) is 0 Å². The van der Waals surface area contributed by atoms with Crippen molar-refractivity contribution in [2.24, 2.45) is 5.92 Å². The Morgan fingerprint density at radius 1 is 1.47 bits per heavy atom. The van der Waals surface area contributed by atoms with Gasteiger partial charge in [-0.15, -0.1) is 0 Å². The van der Waals surface area contributed by atoms with E-state index in [0.29, 0.717) is 17.6 Å². The molecule has 7 nitrogen and oxygen atoms in total. The Bertz CT molecular complexity index is 477. The average molecular weight is 265 g/mol. The standard InChI is InChI=1S/C12H19N5O2/c1-9-5-4-6-16(7-9)12-10(17(18)19)11(15(2)3)13-8-14-12/h8-9H,4-7H2,1-3H3. The highest BCUT2D eigenvalue weighted by atomic mass is 16.6. The SMILES string of the molecule is CC1CCCN(c2ncnc(N(C)C)c2[N+](=O)[O-])C1. The third-order valence-electron chi connectivity index (χ3n) is 3.35. The summed E-state index contributed by atoms with van der Waals surface area (Å²) in [6.45, 7) is 3.78. The Labute approximate surface area is 112 Å². The Kier molecular flexibility index (Phi) is 3.82. The fourth-order valence-electron chi connectivity index (χ4n) is 2.46. The molecule has 7 heteroatoms. The molecule has 0 spiro atoms. The number of nitrogens with zero attached hydrogens (tertiary/aromatic N) is 5. The van der Waals surface area contributed by atoms with Gasteiger partial charge in [0.15, 0.2) is 0 Å². The summed E-state index contributed by atoms with van der Waals surface area (Å²) in [6.07, 6.45) is 3.60. The molecule has 19 heavy (non-hydrogen) atoms. The number of aromatic nitrogens is 2. The van der Waals surface area contributed by atoms with Crippen molar-refractivity contribution in [2.75, 3.05) is 37.0 Å². The molecule has 1 fully saturated rings. The van der Waals surface area contributed by atoms with Crippen LogP contribution in [0.1, 0.15) is 19.8 Å². The minimum atomic E-state index is -0.385. The molecule has 2 heterocycles. The number of hydrogen-bond donors (Lipinski definition) is 0. The Balaban J connectivity index is 2.44. The Hall–Kier alpha value is -1.92. The molecular formula is C12H19N5O2. The molecule has 1 aliphatic rings. The highest BCUT2D eigenvalue weighted by molar-refractivity contribution is 5.70. The van der Waals surface area contributed by atoms with Crippen LogP contribution in [0.3, 0.4) is 0 Å². The van der Waals surface area contributed by atoms with E-state index in [4.69, 9.17) is 0 Å². The summed E-state index contributed by atoms with van der Waals surface area (Å²) in [5, 5.41) is 11.3. The lowest BCUT2D eigenvalue weighted by molar-refractivity contribution is -0.383. The fraction of sp³-hybridized carbons (Fsp3) is 0.667. The number of hydrogen-bond acceptors (Lipinski definition) is 6. The number of piperidine rings is 1. The number of anilines is 2. The summed E-state index contributed by atoms with van der Waals surface area (Å²) in [4.78, 5) is 22.8. The van der Waals surface area contributed by atoms with Gasteiger partial charge in [0, 0.05) is 27.2 Å². The molecule has 0 radical (unpaired) electrons. The van der Waals surface area contributed by atoms with E-state index < -0.39 is 0 Å². The second-order valence-corrected chi connectivity index (χ2v) is 5.21. The van der Waals surface area contributed by atoms with E-state index >= 15 is 0 Å². The van der Waals surface area contributed by atoms with Crippen molar-refractivity contribution in [2.45, 2.75) is 19.8 Å². The first kappa shape index (κ1) is 13.5. The largest absolute Gasteiger partial charge is 0.357 e. The van der Waals surface area contributed by atoms with Crippen LogP contribution in [0.2, 0.25) is 0 Å². The number of nitro groups is 1. The summed E-state index contributed by atoms with van der Waals surface area (Å²) in [6, 6.07) is 0.